The zero-order valence-corrected chi connectivity index (χ0v) is 11.9. The Hall–Kier alpha value is -1.10. The third kappa shape index (κ3) is 2.66. The van der Waals surface area contributed by atoms with Crippen LogP contribution in [0.25, 0.3) is 0 Å². The zero-order valence-electron chi connectivity index (χ0n) is 11.1. The van der Waals surface area contributed by atoms with Gasteiger partial charge in [-0.3, -0.25) is 0 Å². The second-order valence-electron chi connectivity index (χ2n) is 4.65. The van der Waals surface area contributed by atoms with E-state index in [1.165, 1.54) is 12.8 Å². The van der Waals surface area contributed by atoms with Crippen LogP contribution in [-0.2, 0) is 0 Å². The van der Waals surface area contributed by atoms with Crippen molar-refractivity contribution >= 4 is 23.5 Å². The van der Waals surface area contributed by atoms with E-state index in [4.69, 9.17) is 11.6 Å². The second kappa shape index (κ2) is 5.69. The fourth-order valence-electron chi connectivity index (χ4n) is 2.53. The predicted octanol–water partition coefficient (Wildman–Crippen LogP) is 2.72. The van der Waals surface area contributed by atoms with E-state index in [1.807, 2.05) is 6.92 Å². The molecule has 2 rings (SSSR count). The number of hydrogen-bond acceptors (Lipinski definition) is 5. The molecule has 0 aromatic carbocycles. The maximum atomic E-state index is 5.97. The number of rotatable bonds is 4. The Kier molecular flexibility index (Phi) is 4.22. The molecule has 0 amide bonds. The van der Waals surface area contributed by atoms with E-state index in [1.54, 1.807) is 0 Å². The molecule has 0 spiro atoms. The lowest BCUT2D eigenvalue weighted by atomic mass is 10.2. The quantitative estimate of drug-likeness (QED) is 0.911. The summed E-state index contributed by atoms with van der Waals surface area (Å²) in [4.78, 5) is 15.1. The van der Waals surface area contributed by atoms with Gasteiger partial charge in [-0.2, -0.15) is 15.0 Å². The molecule has 1 aromatic heterocycles. The van der Waals surface area contributed by atoms with Crippen molar-refractivity contribution in [3.8, 4) is 0 Å². The number of aromatic nitrogens is 3. The first kappa shape index (κ1) is 13.3. The standard InChI is InChI=1S/C12H20ClN5/c1-4-9-7-6-8(3)18(9)12-16-10(13)15-11(17-12)14-5-2/h8-9H,4-7H2,1-3H3,(H,14,15,16,17). The lowest BCUT2D eigenvalue weighted by Gasteiger charge is -2.28. The molecule has 2 unspecified atom stereocenters. The molecule has 1 N–H and O–H groups in total. The highest BCUT2D eigenvalue weighted by Crippen LogP contribution is 2.30. The van der Waals surface area contributed by atoms with E-state index >= 15 is 0 Å². The van der Waals surface area contributed by atoms with Crippen molar-refractivity contribution in [2.45, 2.75) is 52.1 Å². The molecule has 5 nitrogen and oxygen atoms in total. The first-order chi connectivity index (χ1) is 8.65. The maximum absolute atomic E-state index is 5.97. The number of nitrogens with one attached hydrogen (secondary N) is 1. The van der Waals surface area contributed by atoms with Crippen LogP contribution in [-0.4, -0.2) is 33.6 Å². The zero-order chi connectivity index (χ0) is 13.1. The highest BCUT2D eigenvalue weighted by molar-refractivity contribution is 6.28. The number of hydrogen-bond donors (Lipinski definition) is 1. The molecule has 18 heavy (non-hydrogen) atoms. The fraction of sp³-hybridized carbons (Fsp3) is 0.750. The summed E-state index contributed by atoms with van der Waals surface area (Å²) in [6.45, 7) is 7.18. The van der Waals surface area contributed by atoms with Crippen LogP contribution < -0.4 is 10.2 Å². The van der Waals surface area contributed by atoms with E-state index in [-0.39, 0.29) is 5.28 Å². The Labute approximate surface area is 113 Å². The summed E-state index contributed by atoms with van der Waals surface area (Å²) >= 11 is 5.97. The largest absolute Gasteiger partial charge is 0.354 e. The SMILES string of the molecule is CCNc1nc(Cl)nc(N2C(C)CCC2CC)n1. The molecular weight excluding hydrogens is 250 g/mol. The Bertz CT molecular complexity index is 411. The topological polar surface area (TPSA) is 53.9 Å². The highest BCUT2D eigenvalue weighted by atomic mass is 35.5. The summed E-state index contributed by atoms with van der Waals surface area (Å²) < 4.78 is 0. The van der Waals surface area contributed by atoms with Gasteiger partial charge >= 0.3 is 0 Å². The van der Waals surface area contributed by atoms with Crippen LogP contribution in [0, 0.1) is 0 Å². The van der Waals surface area contributed by atoms with Crippen LogP contribution in [0.15, 0.2) is 0 Å². The van der Waals surface area contributed by atoms with E-state index in [0.29, 0.717) is 24.0 Å². The molecular formula is C12H20ClN5. The van der Waals surface area contributed by atoms with Gasteiger partial charge in [0.05, 0.1) is 0 Å². The van der Waals surface area contributed by atoms with E-state index in [9.17, 15) is 0 Å². The van der Waals surface area contributed by atoms with Crippen molar-refractivity contribution in [2.24, 2.45) is 0 Å². The lowest BCUT2D eigenvalue weighted by molar-refractivity contribution is 0.611. The lowest BCUT2D eigenvalue weighted by Crippen LogP contribution is -2.35. The second-order valence-corrected chi connectivity index (χ2v) is 4.99. The van der Waals surface area contributed by atoms with Gasteiger partial charge in [0.1, 0.15) is 0 Å². The van der Waals surface area contributed by atoms with Gasteiger partial charge in [-0.05, 0) is 44.7 Å². The van der Waals surface area contributed by atoms with Gasteiger partial charge in [0.25, 0.3) is 0 Å². The van der Waals surface area contributed by atoms with Crippen LogP contribution in [0.1, 0.15) is 40.0 Å². The van der Waals surface area contributed by atoms with Crippen molar-refractivity contribution in [1.29, 1.82) is 0 Å². The van der Waals surface area contributed by atoms with E-state index in [0.717, 1.165) is 13.0 Å². The van der Waals surface area contributed by atoms with Crippen LogP contribution in [0.4, 0.5) is 11.9 Å². The summed E-state index contributed by atoms with van der Waals surface area (Å²) in [5.74, 6) is 1.25. The average Bonchev–Trinajstić information content (AvgIpc) is 2.70. The average molecular weight is 270 g/mol. The molecule has 1 aliphatic heterocycles. The van der Waals surface area contributed by atoms with Crippen LogP contribution in [0.3, 0.4) is 0 Å². The summed E-state index contributed by atoms with van der Waals surface area (Å²) in [5, 5.41) is 3.34. The van der Waals surface area contributed by atoms with E-state index in [2.05, 4.69) is 39.0 Å². The minimum Gasteiger partial charge on any atom is -0.354 e. The molecule has 1 saturated heterocycles. The van der Waals surface area contributed by atoms with Gasteiger partial charge in [-0.1, -0.05) is 6.92 Å². The first-order valence-electron chi connectivity index (χ1n) is 6.59. The van der Waals surface area contributed by atoms with Crippen molar-refractivity contribution in [3.05, 3.63) is 5.28 Å². The third-order valence-corrected chi connectivity index (χ3v) is 3.59. The molecule has 100 valence electrons. The molecule has 2 atom stereocenters. The Morgan fingerprint density at radius 2 is 2.06 bits per heavy atom. The predicted molar refractivity (Wildman–Crippen MR) is 74.3 cm³/mol. The van der Waals surface area contributed by atoms with Gasteiger partial charge in [-0.15, -0.1) is 0 Å². The summed E-state index contributed by atoms with van der Waals surface area (Å²) in [7, 11) is 0. The van der Waals surface area contributed by atoms with Gasteiger partial charge in [-0.25, -0.2) is 0 Å². The van der Waals surface area contributed by atoms with Crippen molar-refractivity contribution in [2.75, 3.05) is 16.8 Å². The molecule has 2 heterocycles. The molecule has 1 fully saturated rings. The van der Waals surface area contributed by atoms with Crippen LogP contribution in [0.2, 0.25) is 5.28 Å². The third-order valence-electron chi connectivity index (χ3n) is 3.42. The Balaban J connectivity index is 2.31. The maximum Gasteiger partial charge on any atom is 0.231 e. The molecule has 0 aliphatic carbocycles. The van der Waals surface area contributed by atoms with E-state index < -0.39 is 0 Å². The van der Waals surface area contributed by atoms with Gasteiger partial charge in [0.15, 0.2) is 0 Å². The Morgan fingerprint density at radius 3 is 2.72 bits per heavy atom. The minimum atomic E-state index is 0.255. The van der Waals surface area contributed by atoms with Gasteiger partial charge in [0.2, 0.25) is 17.2 Å². The molecule has 1 aliphatic rings. The molecule has 6 heteroatoms. The smallest absolute Gasteiger partial charge is 0.231 e. The number of halogens is 1. The van der Waals surface area contributed by atoms with Crippen molar-refractivity contribution in [3.63, 3.8) is 0 Å². The summed E-state index contributed by atoms with van der Waals surface area (Å²) in [6.07, 6.45) is 3.47. The highest BCUT2D eigenvalue weighted by Gasteiger charge is 2.31. The summed E-state index contributed by atoms with van der Waals surface area (Å²) in [5.41, 5.74) is 0. The molecule has 0 saturated carbocycles. The molecule has 1 aromatic rings. The monoisotopic (exact) mass is 269 g/mol. The summed E-state index contributed by atoms with van der Waals surface area (Å²) in [6, 6.07) is 0.968. The number of nitrogens with zero attached hydrogens (tertiary/aromatic N) is 4. The fourth-order valence-corrected chi connectivity index (χ4v) is 2.68. The van der Waals surface area contributed by atoms with Crippen molar-refractivity contribution in [1.82, 2.24) is 15.0 Å². The first-order valence-corrected chi connectivity index (χ1v) is 6.97. The Morgan fingerprint density at radius 1 is 1.28 bits per heavy atom. The van der Waals surface area contributed by atoms with Crippen LogP contribution >= 0.6 is 11.6 Å². The normalized spacial score (nSPS) is 23.4. The van der Waals surface area contributed by atoms with Gasteiger partial charge < -0.3 is 10.2 Å². The van der Waals surface area contributed by atoms with Crippen molar-refractivity contribution < 1.29 is 0 Å². The van der Waals surface area contributed by atoms with Gasteiger partial charge in [0, 0.05) is 18.6 Å². The van der Waals surface area contributed by atoms with Crippen LogP contribution in [0.5, 0.6) is 0 Å². The molecule has 0 bridgehead atoms. The number of anilines is 2. The molecule has 0 radical (unpaired) electrons. The minimum absolute atomic E-state index is 0.255.